The minimum absolute atomic E-state index is 0.0450. The Hall–Kier alpha value is -0.610. The molecule has 0 aliphatic heterocycles. The van der Waals surface area contributed by atoms with E-state index in [1.54, 1.807) is 0 Å². The van der Waals surface area contributed by atoms with E-state index in [0.29, 0.717) is 6.42 Å². The van der Waals surface area contributed by atoms with Crippen LogP contribution in [-0.4, -0.2) is 54.5 Å². The topological polar surface area (TPSA) is 49.6 Å². The molecule has 0 aliphatic carbocycles. The Labute approximate surface area is 119 Å². The van der Waals surface area contributed by atoms with Crippen molar-refractivity contribution in [3.05, 3.63) is 0 Å². The molecule has 0 rings (SSSR count). The Morgan fingerprint density at radius 1 is 1.11 bits per heavy atom. The van der Waals surface area contributed by atoms with Crippen LogP contribution >= 0.6 is 0 Å². The lowest BCUT2D eigenvalue weighted by Gasteiger charge is -2.38. The van der Waals surface area contributed by atoms with Crippen molar-refractivity contribution in [2.45, 2.75) is 59.5 Å². The van der Waals surface area contributed by atoms with Crippen LogP contribution in [0.3, 0.4) is 0 Å². The molecule has 0 aromatic carbocycles. The zero-order chi connectivity index (χ0) is 15.4. The van der Waals surface area contributed by atoms with Crippen LogP contribution in [0.1, 0.15) is 48.0 Å². The highest BCUT2D eigenvalue weighted by atomic mass is 16.2. The Morgan fingerprint density at radius 2 is 1.58 bits per heavy atom. The summed E-state index contributed by atoms with van der Waals surface area (Å²) in [6, 6.07) is 0.176. The smallest absolute Gasteiger partial charge is 0.242 e. The van der Waals surface area contributed by atoms with Gasteiger partial charge in [-0.15, -0.1) is 0 Å². The lowest BCUT2D eigenvalue weighted by atomic mass is 9.80. The number of nitrogens with zero attached hydrogens (tertiary/aromatic N) is 2. The summed E-state index contributed by atoms with van der Waals surface area (Å²) in [5.41, 5.74) is 5.53. The number of carbonyl (C=O) groups excluding carboxylic acids is 1. The summed E-state index contributed by atoms with van der Waals surface area (Å²) in [5.74, 6) is 0.0549. The zero-order valence-corrected chi connectivity index (χ0v) is 14.1. The standard InChI is InChI=1S/C15H33N3O/c1-12(2)18(10-9-17(7)8)13(19)15(6,16)11-14(3,4)5/h12H,9-11,16H2,1-8H3. The number of rotatable bonds is 6. The lowest BCUT2D eigenvalue weighted by Crippen LogP contribution is -2.57. The largest absolute Gasteiger partial charge is 0.337 e. The fourth-order valence-electron chi connectivity index (χ4n) is 2.41. The van der Waals surface area contributed by atoms with Gasteiger partial charge < -0.3 is 15.5 Å². The number of hydrogen-bond donors (Lipinski definition) is 1. The van der Waals surface area contributed by atoms with Gasteiger partial charge in [0.05, 0.1) is 5.54 Å². The van der Waals surface area contributed by atoms with E-state index in [0.717, 1.165) is 13.1 Å². The van der Waals surface area contributed by atoms with E-state index in [-0.39, 0.29) is 17.4 Å². The van der Waals surface area contributed by atoms with Crippen LogP contribution in [0, 0.1) is 5.41 Å². The molecule has 0 bridgehead atoms. The summed E-state index contributed by atoms with van der Waals surface area (Å²) in [6.07, 6.45) is 0.685. The van der Waals surface area contributed by atoms with Crippen molar-refractivity contribution in [1.82, 2.24) is 9.80 Å². The van der Waals surface area contributed by atoms with Crippen molar-refractivity contribution in [1.29, 1.82) is 0 Å². The summed E-state index contributed by atoms with van der Waals surface area (Å²) in [6.45, 7) is 13.9. The molecule has 0 spiro atoms. The molecule has 1 amide bonds. The van der Waals surface area contributed by atoms with Gasteiger partial charge in [0.25, 0.3) is 0 Å². The predicted octanol–water partition coefficient (Wildman–Crippen LogP) is 1.94. The molecule has 0 aromatic rings. The Balaban J connectivity index is 4.88. The first-order chi connectivity index (χ1) is 8.37. The molecule has 0 heterocycles. The third-order valence-electron chi connectivity index (χ3n) is 3.06. The third kappa shape index (κ3) is 6.92. The second-order valence-electron chi connectivity index (χ2n) is 7.55. The lowest BCUT2D eigenvalue weighted by molar-refractivity contribution is -0.139. The SMILES string of the molecule is CC(C)N(CCN(C)C)C(=O)C(C)(N)CC(C)(C)C. The number of nitrogens with two attached hydrogens (primary N) is 1. The molecule has 2 N–H and O–H groups in total. The minimum Gasteiger partial charge on any atom is -0.337 e. The molecule has 114 valence electrons. The van der Waals surface area contributed by atoms with E-state index < -0.39 is 5.54 Å². The molecule has 4 heteroatoms. The van der Waals surface area contributed by atoms with Gasteiger partial charge in [-0.3, -0.25) is 4.79 Å². The summed E-state index contributed by atoms with van der Waals surface area (Å²) in [4.78, 5) is 16.7. The van der Waals surface area contributed by atoms with E-state index in [1.165, 1.54) is 0 Å². The fraction of sp³-hybridized carbons (Fsp3) is 0.933. The van der Waals surface area contributed by atoms with Gasteiger partial charge in [0, 0.05) is 19.1 Å². The second kappa shape index (κ2) is 6.71. The van der Waals surface area contributed by atoms with E-state index in [9.17, 15) is 4.79 Å². The van der Waals surface area contributed by atoms with Crippen molar-refractivity contribution in [3.8, 4) is 0 Å². The summed E-state index contributed by atoms with van der Waals surface area (Å²) < 4.78 is 0. The maximum absolute atomic E-state index is 12.7. The molecule has 0 fully saturated rings. The molecular formula is C15H33N3O. The van der Waals surface area contributed by atoms with Gasteiger partial charge >= 0.3 is 0 Å². The maximum atomic E-state index is 12.7. The molecule has 0 saturated carbocycles. The Kier molecular flexibility index (Phi) is 6.49. The normalized spacial score (nSPS) is 15.7. The average Bonchev–Trinajstić information content (AvgIpc) is 2.12. The molecule has 0 aliphatic rings. The fourth-order valence-corrected chi connectivity index (χ4v) is 2.41. The first-order valence-corrected chi connectivity index (χ1v) is 7.11. The van der Waals surface area contributed by atoms with Gasteiger partial charge in [-0.2, -0.15) is 0 Å². The van der Waals surface area contributed by atoms with Crippen LogP contribution in [0.4, 0.5) is 0 Å². The summed E-state index contributed by atoms with van der Waals surface area (Å²) in [5, 5.41) is 0. The summed E-state index contributed by atoms with van der Waals surface area (Å²) in [7, 11) is 4.03. The molecule has 4 nitrogen and oxygen atoms in total. The van der Waals surface area contributed by atoms with Crippen LogP contribution in [-0.2, 0) is 4.79 Å². The number of likely N-dealkylation sites (N-methyl/N-ethyl adjacent to an activating group) is 1. The third-order valence-corrected chi connectivity index (χ3v) is 3.06. The first kappa shape index (κ1) is 18.4. The highest BCUT2D eigenvalue weighted by molar-refractivity contribution is 5.86. The van der Waals surface area contributed by atoms with Crippen LogP contribution in [0.15, 0.2) is 0 Å². The van der Waals surface area contributed by atoms with Gasteiger partial charge in [-0.1, -0.05) is 20.8 Å². The number of hydrogen-bond acceptors (Lipinski definition) is 3. The summed E-state index contributed by atoms with van der Waals surface area (Å²) >= 11 is 0. The highest BCUT2D eigenvalue weighted by Crippen LogP contribution is 2.27. The van der Waals surface area contributed by atoms with Crippen molar-refractivity contribution in [3.63, 3.8) is 0 Å². The minimum atomic E-state index is -0.797. The van der Waals surface area contributed by atoms with Crippen molar-refractivity contribution in [2.75, 3.05) is 27.2 Å². The van der Waals surface area contributed by atoms with E-state index in [4.69, 9.17) is 5.73 Å². The first-order valence-electron chi connectivity index (χ1n) is 7.11. The van der Waals surface area contributed by atoms with Crippen molar-refractivity contribution < 1.29 is 4.79 Å². The average molecular weight is 271 g/mol. The van der Waals surface area contributed by atoms with Crippen molar-refractivity contribution >= 4 is 5.91 Å². The molecule has 19 heavy (non-hydrogen) atoms. The van der Waals surface area contributed by atoms with E-state index in [2.05, 4.69) is 25.7 Å². The molecule has 0 radical (unpaired) electrons. The highest BCUT2D eigenvalue weighted by Gasteiger charge is 2.37. The monoisotopic (exact) mass is 271 g/mol. The van der Waals surface area contributed by atoms with Gasteiger partial charge in [-0.05, 0) is 46.7 Å². The van der Waals surface area contributed by atoms with Crippen LogP contribution in [0.2, 0.25) is 0 Å². The van der Waals surface area contributed by atoms with E-state index >= 15 is 0 Å². The van der Waals surface area contributed by atoms with Gasteiger partial charge in [0.1, 0.15) is 0 Å². The van der Waals surface area contributed by atoms with Crippen LogP contribution in [0.25, 0.3) is 0 Å². The second-order valence-corrected chi connectivity index (χ2v) is 7.55. The van der Waals surface area contributed by atoms with Crippen LogP contribution < -0.4 is 5.73 Å². The van der Waals surface area contributed by atoms with E-state index in [1.807, 2.05) is 39.8 Å². The Bertz CT molecular complexity index is 290. The molecule has 0 aromatic heterocycles. The van der Waals surface area contributed by atoms with Crippen molar-refractivity contribution in [2.24, 2.45) is 11.1 Å². The molecular weight excluding hydrogens is 238 g/mol. The maximum Gasteiger partial charge on any atom is 0.242 e. The Morgan fingerprint density at radius 3 is 1.89 bits per heavy atom. The zero-order valence-electron chi connectivity index (χ0n) is 14.1. The van der Waals surface area contributed by atoms with Crippen LogP contribution in [0.5, 0.6) is 0 Å². The molecule has 1 unspecified atom stereocenters. The number of carbonyl (C=O) groups is 1. The molecule has 1 atom stereocenters. The van der Waals surface area contributed by atoms with Gasteiger partial charge in [0.2, 0.25) is 5.91 Å². The van der Waals surface area contributed by atoms with Gasteiger partial charge in [-0.25, -0.2) is 0 Å². The molecule has 0 saturated heterocycles. The quantitative estimate of drug-likeness (QED) is 0.803. The predicted molar refractivity (Wildman–Crippen MR) is 82.1 cm³/mol. The number of amides is 1. The van der Waals surface area contributed by atoms with Gasteiger partial charge in [0.15, 0.2) is 0 Å².